The van der Waals surface area contributed by atoms with Gasteiger partial charge in [0, 0.05) is 30.2 Å². The molecule has 0 aliphatic heterocycles. The highest BCUT2D eigenvalue weighted by Crippen LogP contribution is 2.30. The summed E-state index contributed by atoms with van der Waals surface area (Å²) in [6.07, 6.45) is 4.27. The molecule has 0 amide bonds. The van der Waals surface area contributed by atoms with E-state index in [1.54, 1.807) is 24.5 Å². The second kappa shape index (κ2) is 5.36. The molecule has 106 valence electrons. The SMILES string of the molecule is CCc1cnc2c(Oc3ccc(N)cc3F)ccnc2c1. The summed E-state index contributed by atoms with van der Waals surface area (Å²) in [4.78, 5) is 8.63. The molecule has 4 nitrogen and oxygen atoms in total. The molecule has 3 aromatic rings. The summed E-state index contributed by atoms with van der Waals surface area (Å²) < 4.78 is 19.4. The van der Waals surface area contributed by atoms with Crippen LogP contribution < -0.4 is 10.5 Å². The first kappa shape index (κ1) is 13.3. The number of aryl methyl sites for hydroxylation is 1. The normalized spacial score (nSPS) is 10.8. The molecular weight excluding hydrogens is 269 g/mol. The van der Waals surface area contributed by atoms with Gasteiger partial charge in [0.2, 0.25) is 0 Å². The van der Waals surface area contributed by atoms with Gasteiger partial charge in [-0.05, 0) is 30.2 Å². The molecule has 0 saturated heterocycles. The van der Waals surface area contributed by atoms with Crippen LogP contribution in [0.1, 0.15) is 12.5 Å². The van der Waals surface area contributed by atoms with Gasteiger partial charge in [0.05, 0.1) is 5.52 Å². The molecule has 21 heavy (non-hydrogen) atoms. The molecule has 0 bridgehead atoms. The van der Waals surface area contributed by atoms with Crippen molar-refractivity contribution in [1.29, 1.82) is 0 Å². The average Bonchev–Trinajstić information content (AvgIpc) is 2.49. The third-order valence-corrected chi connectivity index (χ3v) is 3.18. The molecule has 2 aromatic heterocycles. The lowest BCUT2D eigenvalue weighted by Crippen LogP contribution is -1.94. The van der Waals surface area contributed by atoms with Crippen LogP contribution in [0.4, 0.5) is 10.1 Å². The standard InChI is InChI=1S/C16H14FN3O/c1-2-10-7-13-16(20-9-10)15(5-6-19-13)21-14-4-3-11(18)8-12(14)17/h3-9H,2,18H2,1H3. The van der Waals surface area contributed by atoms with Gasteiger partial charge in [-0.2, -0.15) is 0 Å². The molecule has 0 spiro atoms. The number of hydrogen-bond donors (Lipinski definition) is 1. The van der Waals surface area contributed by atoms with E-state index in [0.29, 0.717) is 17.0 Å². The van der Waals surface area contributed by atoms with Crippen molar-refractivity contribution < 1.29 is 9.13 Å². The monoisotopic (exact) mass is 283 g/mol. The number of nitrogens with two attached hydrogens (primary N) is 1. The van der Waals surface area contributed by atoms with Crippen molar-refractivity contribution in [1.82, 2.24) is 9.97 Å². The quantitative estimate of drug-likeness (QED) is 0.744. The molecule has 5 heteroatoms. The summed E-state index contributed by atoms with van der Waals surface area (Å²) in [6.45, 7) is 2.05. The lowest BCUT2D eigenvalue weighted by Gasteiger charge is -2.09. The Morgan fingerprint density at radius 1 is 1.14 bits per heavy atom. The van der Waals surface area contributed by atoms with Crippen molar-refractivity contribution >= 4 is 16.7 Å². The molecule has 3 rings (SSSR count). The third-order valence-electron chi connectivity index (χ3n) is 3.18. The summed E-state index contributed by atoms with van der Waals surface area (Å²) in [7, 11) is 0. The molecule has 2 N–H and O–H groups in total. The number of nitrogen functional groups attached to an aromatic ring is 1. The summed E-state index contributed by atoms with van der Waals surface area (Å²) in [5.74, 6) is 0.0644. The molecule has 0 aliphatic carbocycles. The molecule has 1 aromatic carbocycles. The maximum atomic E-state index is 13.8. The number of benzene rings is 1. The predicted molar refractivity (Wildman–Crippen MR) is 79.8 cm³/mol. The first-order chi connectivity index (χ1) is 10.2. The highest BCUT2D eigenvalue weighted by molar-refractivity contribution is 5.81. The van der Waals surface area contributed by atoms with E-state index in [1.807, 2.05) is 13.0 Å². The zero-order chi connectivity index (χ0) is 14.8. The van der Waals surface area contributed by atoms with E-state index in [4.69, 9.17) is 10.5 Å². The summed E-state index contributed by atoms with van der Waals surface area (Å²) in [6, 6.07) is 7.92. The number of fused-ring (bicyclic) bond motifs is 1. The van der Waals surface area contributed by atoms with Crippen molar-refractivity contribution in [3.63, 3.8) is 0 Å². The highest BCUT2D eigenvalue weighted by Gasteiger charge is 2.10. The molecule has 0 fully saturated rings. The smallest absolute Gasteiger partial charge is 0.167 e. The largest absolute Gasteiger partial charge is 0.452 e. The molecular formula is C16H14FN3O. The molecule has 0 atom stereocenters. The molecule has 2 heterocycles. The summed E-state index contributed by atoms with van der Waals surface area (Å²) in [5, 5.41) is 0. The van der Waals surface area contributed by atoms with E-state index in [9.17, 15) is 4.39 Å². The zero-order valence-corrected chi connectivity index (χ0v) is 11.5. The minimum Gasteiger partial charge on any atom is -0.452 e. The Balaban J connectivity index is 2.04. The second-order valence-electron chi connectivity index (χ2n) is 4.67. The minimum atomic E-state index is -0.509. The first-order valence-electron chi connectivity index (χ1n) is 6.64. The Hall–Kier alpha value is -2.69. The van der Waals surface area contributed by atoms with Crippen molar-refractivity contribution in [2.24, 2.45) is 0 Å². The fraction of sp³-hybridized carbons (Fsp3) is 0.125. The van der Waals surface area contributed by atoms with Crippen LogP contribution in [0, 0.1) is 5.82 Å². The van der Waals surface area contributed by atoms with Gasteiger partial charge in [0.1, 0.15) is 5.52 Å². The minimum absolute atomic E-state index is 0.109. The highest BCUT2D eigenvalue weighted by atomic mass is 19.1. The lowest BCUT2D eigenvalue weighted by molar-refractivity contribution is 0.445. The maximum Gasteiger partial charge on any atom is 0.167 e. The van der Waals surface area contributed by atoms with Crippen molar-refractivity contribution in [2.75, 3.05) is 5.73 Å². The van der Waals surface area contributed by atoms with Gasteiger partial charge in [0.15, 0.2) is 17.3 Å². The number of hydrogen-bond acceptors (Lipinski definition) is 4. The molecule has 0 unspecified atom stereocenters. The van der Waals surface area contributed by atoms with E-state index in [-0.39, 0.29) is 5.75 Å². The Kier molecular flexibility index (Phi) is 3.39. The number of ether oxygens (including phenoxy) is 1. The van der Waals surface area contributed by atoms with Crippen molar-refractivity contribution in [3.8, 4) is 11.5 Å². The topological polar surface area (TPSA) is 61.0 Å². The maximum absolute atomic E-state index is 13.8. The fourth-order valence-corrected chi connectivity index (χ4v) is 2.04. The fourth-order valence-electron chi connectivity index (χ4n) is 2.04. The van der Waals surface area contributed by atoms with Gasteiger partial charge in [-0.15, -0.1) is 0 Å². The van der Waals surface area contributed by atoms with Crippen LogP contribution in [0.15, 0.2) is 42.7 Å². The van der Waals surface area contributed by atoms with Crippen LogP contribution in [0.25, 0.3) is 11.0 Å². The Labute approximate surface area is 121 Å². The van der Waals surface area contributed by atoms with Gasteiger partial charge < -0.3 is 10.5 Å². The lowest BCUT2D eigenvalue weighted by atomic mass is 10.2. The first-order valence-corrected chi connectivity index (χ1v) is 6.64. The average molecular weight is 283 g/mol. The number of nitrogens with zero attached hydrogens (tertiary/aromatic N) is 2. The third kappa shape index (κ3) is 2.63. The van der Waals surface area contributed by atoms with Crippen molar-refractivity contribution in [2.45, 2.75) is 13.3 Å². The number of pyridine rings is 2. The second-order valence-corrected chi connectivity index (χ2v) is 4.67. The Morgan fingerprint density at radius 2 is 2.00 bits per heavy atom. The number of rotatable bonds is 3. The molecule has 0 radical (unpaired) electrons. The summed E-state index contributed by atoms with van der Waals surface area (Å²) >= 11 is 0. The Bertz CT molecular complexity index is 805. The van der Waals surface area contributed by atoms with Gasteiger partial charge >= 0.3 is 0 Å². The number of anilines is 1. The Morgan fingerprint density at radius 3 is 2.76 bits per heavy atom. The molecule has 0 saturated carbocycles. The van der Waals surface area contributed by atoms with E-state index in [2.05, 4.69) is 9.97 Å². The van der Waals surface area contributed by atoms with Crippen LogP contribution >= 0.6 is 0 Å². The van der Waals surface area contributed by atoms with Crippen LogP contribution in [-0.4, -0.2) is 9.97 Å². The van der Waals surface area contributed by atoms with E-state index < -0.39 is 5.82 Å². The van der Waals surface area contributed by atoms with Crippen LogP contribution in [0.5, 0.6) is 11.5 Å². The van der Waals surface area contributed by atoms with Crippen molar-refractivity contribution in [3.05, 3.63) is 54.1 Å². The molecule has 0 aliphatic rings. The van der Waals surface area contributed by atoms with Crippen LogP contribution in [-0.2, 0) is 6.42 Å². The van der Waals surface area contributed by atoms with Gasteiger partial charge in [0.25, 0.3) is 0 Å². The van der Waals surface area contributed by atoms with Crippen LogP contribution in [0.2, 0.25) is 0 Å². The summed E-state index contributed by atoms with van der Waals surface area (Å²) in [5.41, 5.74) is 8.29. The van der Waals surface area contributed by atoms with Crippen LogP contribution in [0.3, 0.4) is 0 Å². The van der Waals surface area contributed by atoms with E-state index in [0.717, 1.165) is 17.5 Å². The van der Waals surface area contributed by atoms with Gasteiger partial charge in [-0.3, -0.25) is 9.97 Å². The number of aromatic nitrogens is 2. The van der Waals surface area contributed by atoms with E-state index in [1.165, 1.54) is 12.1 Å². The number of halogens is 1. The zero-order valence-electron chi connectivity index (χ0n) is 11.5. The van der Waals surface area contributed by atoms with Gasteiger partial charge in [-0.1, -0.05) is 6.92 Å². The van der Waals surface area contributed by atoms with Gasteiger partial charge in [-0.25, -0.2) is 4.39 Å². The predicted octanol–water partition coefficient (Wildman–Crippen LogP) is 3.71. The van der Waals surface area contributed by atoms with E-state index >= 15 is 0 Å².